The van der Waals surface area contributed by atoms with Crippen LogP contribution in [-0.2, 0) is 29.3 Å². The molecule has 1 heterocycles. The number of hydrogen-bond donors (Lipinski definition) is 0. The second kappa shape index (κ2) is 4.69. The first kappa shape index (κ1) is 10.6. The van der Waals surface area contributed by atoms with Gasteiger partial charge in [0.1, 0.15) is 6.10 Å². The Morgan fingerprint density at radius 1 is 1.46 bits per heavy atom. The summed E-state index contributed by atoms with van der Waals surface area (Å²) in [4.78, 5) is 11.2. The molecule has 1 unspecified atom stereocenters. The number of rotatable bonds is 3. The first-order valence-electron chi connectivity index (χ1n) is 4.11. The third-order valence-electron chi connectivity index (χ3n) is 1.64. The van der Waals surface area contributed by atoms with Crippen LogP contribution in [0.5, 0.6) is 0 Å². The van der Waals surface area contributed by atoms with Crippen LogP contribution in [0.25, 0.3) is 0 Å². The molecule has 13 heavy (non-hydrogen) atoms. The molecule has 76 valence electrons. The van der Waals surface area contributed by atoms with Crippen molar-refractivity contribution >= 4 is 17.3 Å². The van der Waals surface area contributed by atoms with Crippen LogP contribution in [0.3, 0.4) is 0 Å². The van der Waals surface area contributed by atoms with Gasteiger partial charge in [-0.1, -0.05) is 6.92 Å². The number of esters is 1. The zero-order chi connectivity index (χ0) is 9.84. The molecular weight excluding hydrogens is 196 g/mol. The Kier molecular flexibility index (Phi) is 3.83. The summed E-state index contributed by atoms with van der Waals surface area (Å²) >= 11 is -1.81. The molecule has 1 saturated heterocycles. The van der Waals surface area contributed by atoms with E-state index in [4.69, 9.17) is 13.1 Å². The smallest absolute Gasteiger partial charge is 0.339 e. The minimum Gasteiger partial charge on any atom is -0.464 e. The summed E-state index contributed by atoms with van der Waals surface area (Å²) in [5.41, 5.74) is 0. The number of ether oxygens (including phenoxy) is 1. The highest BCUT2D eigenvalue weighted by atomic mass is 32.2. The van der Waals surface area contributed by atoms with Gasteiger partial charge in [0.2, 0.25) is 6.10 Å². The fourth-order valence-corrected chi connectivity index (χ4v) is 1.87. The molecule has 0 aromatic heterocycles. The van der Waals surface area contributed by atoms with Crippen LogP contribution in [0.2, 0.25) is 0 Å². The molecule has 0 N–H and O–H groups in total. The Morgan fingerprint density at radius 2 is 2.15 bits per heavy atom. The van der Waals surface area contributed by atoms with Crippen LogP contribution in [0.4, 0.5) is 0 Å². The molecule has 1 aliphatic rings. The van der Waals surface area contributed by atoms with E-state index in [1.165, 1.54) is 0 Å². The summed E-state index contributed by atoms with van der Waals surface area (Å²) < 4.78 is 25.1. The molecule has 1 rings (SSSR count). The van der Waals surface area contributed by atoms with E-state index in [-0.39, 0.29) is 6.61 Å². The van der Waals surface area contributed by atoms with Crippen molar-refractivity contribution in [1.82, 2.24) is 0 Å². The van der Waals surface area contributed by atoms with Gasteiger partial charge in [-0.25, -0.2) is 4.79 Å². The van der Waals surface area contributed by atoms with Crippen LogP contribution < -0.4 is 0 Å². The molecule has 0 radical (unpaired) electrons. The molecule has 6 heteroatoms. The van der Waals surface area contributed by atoms with Crippen LogP contribution in [0.15, 0.2) is 0 Å². The lowest BCUT2D eigenvalue weighted by Crippen LogP contribution is -2.32. The molecule has 0 amide bonds. The maximum absolute atomic E-state index is 11.2. The van der Waals surface area contributed by atoms with Gasteiger partial charge in [-0.2, -0.15) is 4.21 Å². The van der Waals surface area contributed by atoms with E-state index in [0.717, 1.165) is 0 Å². The highest BCUT2D eigenvalue weighted by Gasteiger charge is 2.40. The van der Waals surface area contributed by atoms with Gasteiger partial charge < -0.3 is 4.74 Å². The van der Waals surface area contributed by atoms with Gasteiger partial charge in [0.25, 0.3) is 0 Å². The predicted molar refractivity (Wildman–Crippen MR) is 44.8 cm³/mol. The summed E-state index contributed by atoms with van der Waals surface area (Å²) in [6, 6.07) is 0. The Morgan fingerprint density at radius 3 is 2.69 bits per heavy atom. The van der Waals surface area contributed by atoms with Crippen molar-refractivity contribution in [3.63, 3.8) is 0 Å². The highest BCUT2D eigenvalue weighted by Crippen LogP contribution is 2.20. The Hall–Kier alpha value is -0.460. The largest absolute Gasteiger partial charge is 0.464 e. The van der Waals surface area contributed by atoms with Crippen molar-refractivity contribution in [2.45, 2.75) is 32.5 Å². The monoisotopic (exact) mass is 208 g/mol. The molecule has 0 spiro atoms. The molecule has 1 fully saturated rings. The minimum absolute atomic E-state index is 0.280. The zero-order valence-electron chi connectivity index (χ0n) is 7.52. The summed E-state index contributed by atoms with van der Waals surface area (Å²) in [5, 5.41) is 0. The second-order valence-electron chi connectivity index (χ2n) is 2.52. The number of carbonyl (C=O) groups excluding carboxylic acids is 1. The van der Waals surface area contributed by atoms with E-state index in [2.05, 4.69) is 0 Å². The molecule has 0 saturated carbocycles. The van der Waals surface area contributed by atoms with E-state index < -0.39 is 29.5 Å². The number of hydrogen-bond acceptors (Lipinski definition) is 5. The van der Waals surface area contributed by atoms with Gasteiger partial charge in [0.15, 0.2) is 0 Å². The SMILES string of the molecule is CCOC(=O)[C@H]1OS(=O)O[C@@H]1CC. The molecule has 0 aliphatic carbocycles. The lowest BCUT2D eigenvalue weighted by atomic mass is 10.1. The Balaban J connectivity index is 2.57. The summed E-state index contributed by atoms with van der Waals surface area (Å²) in [7, 11) is 0. The van der Waals surface area contributed by atoms with E-state index in [1.807, 2.05) is 6.92 Å². The lowest BCUT2D eigenvalue weighted by Gasteiger charge is -2.10. The maximum Gasteiger partial charge on any atom is 0.339 e. The zero-order valence-corrected chi connectivity index (χ0v) is 8.33. The predicted octanol–water partition coefficient (Wildman–Crippen LogP) is 0.322. The minimum atomic E-state index is -1.81. The quantitative estimate of drug-likeness (QED) is 0.625. The fourth-order valence-electron chi connectivity index (χ4n) is 1.02. The standard InChI is InChI=1S/C7H12O5S/c1-3-5-6(7(8)10-4-2)12-13(9)11-5/h5-6H,3-4H2,1-2H3/t5-,6+,13?/m1/s1. The van der Waals surface area contributed by atoms with Crippen molar-refractivity contribution in [3.05, 3.63) is 0 Å². The first-order chi connectivity index (χ1) is 6.19. The van der Waals surface area contributed by atoms with Crippen LogP contribution in [0, 0.1) is 0 Å². The third kappa shape index (κ3) is 2.49. The van der Waals surface area contributed by atoms with Crippen LogP contribution in [0.1, 0.15) is 20.3 Å². The van der Waals surface area contributed by atoms with Crippen molar-refractivity contribution < 1.29 is 22.1 Å². The van der Waals surface area contributed by atoms with Crippen molar-refractivity contribution in [2.24, 2.45) is 0 Å². The summed E-state index contributed by atoms with van der Waals surface area (Å²) in [5.74, 6) is -0.514. The molecule has 5 nitrogen and oxygen atoms in total. The van der Waals surface area contributed by atoms with Gasteiger partial charge in [-0.05, 0) is 13.3 Å². The van der Waals surface area contributed by atoms with Crippen molar-refractivity contribution in [2.75, 3.05) is 6.61 Å². The maximum atomic E-state index is 11.2. The highest BCUT2D eigenvalue weighted by molar-refractivity contribution is 7.75. The first-order valence-corrected chi connectivity index (χ1v) is 5.11. The van der Waals surface area contributed by atoms with Crippen LogP contribution >= 0.6 is 0 Å². The Bertz CT molecular complexity index is 217. The van der Waals surface area contributed by atoms with E-state index in [0.29, 0.717) is 6.42 Å². The third-order valence-corrected chi connectivity index (χ3v) is 2.41. The van der Waals surface area contributed by atoms with Gasteiger partial charge >= 0.3 is 17.3 Å². The second-order valence-corrected chi connectivity index (χ2v) is 3.31. The van der Waals surface area contributed by atoms with Gasteiger partial charge in [-0.3, -0.25) is 8.37 Å². The molecule has 1 aliphatic heterocycles. The normalized spacial score (nSPS) is 33.2. The average Bonchev–Trinajstić information content (AvgIpc) is 2.47. The molecule has 0 aromatic carbocycles. The summed E-state index contributed by atoms with van der Waals surface area (Å²) in [6.45, 7) is 3.80. The van der Waals surface area contributed by atoms with Crippen molar-refractivity contribution in [3.8, 4) is 0 Å². The summed E-state index contributed by atoms with van der Waals surface area (Å²) in [6.07, 6.45) is -0.736. The van der Waals surface area contributed by atoms with Crippen molar-refractivity contribution in [1.29, 1.82) is 0 Å². The fraction of sp³-hybridized carbons (Fsp3) is 0.857. The molecule has 0 bridgehead atoms. The lowest BCUT2D eigenvalue weighted by molar-refractivity contribution is -0.152. The number of carbonyl (C=O) groups is 1. The van der Waals surface area contributed by atoms with Crippen LogP contribution in [-0.4, -0.2) is 29.0 Å². The molecular formula is C7H12O5S. The Labute approximate surface area is 79.2 Å². The van der Waals surface area contributed by atoms with E-state index >= 15 is 0 Å². The van der Waals surface area contributed by atoms with Gasteiger partial charge in [0.05, 0.1) is 6.61 Å². The molecule has 0 aromatic rings. The molecule has 3 atom stereocenters. The average molecular weight is 208 g/mol. The van der Waals surface area contributed by atoms with Gasteiger partial charge in [-0.15, -0.1) is 0 Å². The van der Waals surface area contributed by atoms with E-state index in [1.54, 1.807) is 6.92 Å². The topological polar surface area (TPSA) is 61.8 Å². The van der Waals surface area contributed by atoms with E-state index in [9.17, 15) is 9.00 Å². The van der Waals surface area contributed by atoms with Gasteiger partial charge in [0, 0.05) is 0 Å².